The van der Waals surface area contributed by atoms with Gasteiger partial charge in [-0.1, -0.05) is 0 Å². The number of nitrogens with zero attached hydrogens (tertiary/aromatic N) is 2. The maximum atomic E-state index is 12.6. The quantitative estimate of drug-likeness (QED) is 0.600. The minimum Gasteiger partial charge on any atom is -0.457 e. The van der Waals surface area contributed by atoms with E-state index in [9.17, 15) is 27.6 Å². The maximum absolute atomic E-state index is 12.6. The average molecular weight is 482 g/mol. The third kappa shape index (κ3) is 5.57. The largest absolute Gasteiger partial charge is 0.573 e. The number of rotatable bonds is 5. The van der Waals surface area contributed by atoms with Crippen molar-refractivity contribution in [1.82, 2.24) is 9.80 Å². The monoisotopic (exact) mass is 482 g/mol. The number of alkyl halides is 3. The van der Waals surface area contributed by atoms with E-state index in [2.05, 4.69) is 4.74 Å². The molecular weight excluding hydrogens is 465 g/mol. The van der Waals surface area contributed by atoms with Gasteiger partial charge < -0.3 is 18.8 Å². The molecule has 2 fully saturated rings. The Hall–Kier alpha value is -3.25. The van der Waals surface area contributed by atoms with E-state index in [0.29, 0.717) is 49.4 Å². The lowest BCUT2D eigenvalue weighted by Gasteiger charge is -2.27. The smallest absolute Gasteiger partial charge is 0.457 e. The van der Waals surface area contributed by atoms with Crippen molar-refractivity contribution in [3.8, 4) is 17.1 Å². The summed E-state index contributed by atoms with van der Waals surface area (Å²) in [5.74, 6) is -0.677. The first-order chi connectivity index (χ1) is 15.7. The minimum atomic E-state index is -4.78. The topological polar surface area (TPSA) is 89.3 Å². The van der Waals surface area contributed by atoms with Gasteiger partial charge in [0.25, 0.3) is 11.1 Å². The molecule has 12 heteroatoms. The fraction of sp³-hybridized carbons (Fsp3) is 0.286. The highest BCUT2D eigenvalue weighted by Crippen LogP contribution is 2.34. The van der Waals surface area contributed by atoms with Crippen LogP contribution in [0.3, 0.4) is 0 Å². The first-order valence-corrected chi connectivity index (χ1v) is 10.6. The molecule has 2 saturated heterocycles. The standard InChI is InChI=1S/C21H17F3N2O6S/c22-21(23,24)32-14-3-1-13(2-4-14)16-6-5-15(31-16)11-17-19(28)26(20(29)33-17)12-18(27)25-7-9-30-10-8-25/h1-6,11H,7-10,12H2/b17-11-. The number of carbonyl (C=O) groups is 3. The number of halogens is 3. The summed E-state index contributed by atoms with van der Waals surface area (Å²) in [5, 5.41) is -0.556. The molecule has 0 unspecified atom stereocenters. The molecule has 0 bridgehead atoms. The molecule has 0 saturated carbocycles. The van der Waals surface area contributed by atoms with Crippen molar-refractivity contribution in [3.05, 3.63) is 47.1 Å². The summed E-state index contributed by atoms with van der Waals surface area (Å²) in [4.78, 5) is 39.8. The number of hydrogen-bond donors (Lipinski definition) is 0. The number of imide groups is 1. The van der Waals surface area contributed by atoms with Crippen molar-refractivity contribution in [3.63, 3.8) is 0 Å². The van der Waals surface area contributed by atoms with Crippen molar-refractivity contribution in [2.45, 2.75) is 6.36 Å². The first-order valence-electron chi connectivity index (χ1n) is 9.76. The highest BCUT2D eigenvalue weighted by atomic mass is 32.2. The number of amides is 3. The molecular formula is C21H17F3N2O6S. The molecule has 0 spiro atoms. The second-order valence-corrected chi connectivity index (χ2v) is 8.03. The van der Waals surface area contributed by atoms with Gasteiger partial charge >= 0.3 is 6.36 Å². The van der Waals surface area contributed by atoms with Crippen molar-refractivity contribution in [2.24, 2.45) is 0 Å². The summed E-state index contributed by atoms with van der Waals surface area (Å²) in [6.45, 7) is 1.28. The molecule has 2 aliphatic heterocycles. The Labute approximate surface area is 189 Å². The van der Waals surface area contributed by atoms with Crippen LogP contribution in [0.5, 0.6) is 5.75 Å². The predicted octanol–water partition coefficient (Wildman–Crippen LogP) is 3.74. The number of hydrogen-bond acceptors (Lipinski definition) is 7. The highest BCUT2D eigenvalue weighted by Gasteiger charge is 2.37. The van der Waals surface area contributed by atoms with Gasteiger partial charge in [-0.15, -0.1) is 13.2 Å². The van der Waals surface area contributed by atoms with Gasteiger partial charge in [0, 0.05) is 24.7 Å². The van der Waals surface area contributed by atoms with Crippen LogP contribution in [-0.2, 0) is 14.3 Å². The van der Waals surface area contributed by atoms with E-state index in [1.807, 2.05) is 0 Å². The molecule has 3 amide bonds. The molecule has 174 valence electrons. The van der Waals surface area contributed by atoms with E-state index in [1.165, 1.54) is 18.2 Å². The van der Waals surface area contributed by atoms with Gasteiger partial charge in [0.05, 0.1) is 18.1 Å². The van der Waals surface area contributed by atoms with Crippen molar-refractivity contribution >= 4 is 34.9 Å². The number of furan rings is 1. The van der Waals surface area contributed by atoms with Crippen LogP contribution in [-0.4, -0.2) is 66.1 Å². The summed E-state index contributed by atoms with van der Waals surface area (Å²) in [7, 11) is 0. The Morgan fingerprint density at radius 1 is 1.09 bits per heavy atom. The van der Waals surface area contributed by atoms with Crippen molar-refractivity contribution in [1.29, 1.82) is 0 Å². The average Bonchev–Trinajstić information content (AvgIpc) is 3.34. The maximum Gasteiger partial charge on any atom is 0.573 e. The molecule has 3 heterocycles. The fourth-order valence-corrected chi connectivity index (χ4v) is 4.04. The SMILES string of the molecule is O=C(CN1C(=O)S/C(=C\c2ccc(-c3ccc(OC(F)(F)F)cc3)o2)C1=O)N1CCOCC1. The second kappa shape index (κ2) is 9.32. The van der Waals surface area contributed by atoms with Gasteiger partial charge in [-0.05, 0) is 48.2 Å². The van der Waals surface area contributed by atoms with E-state index in [1.54, 1.807) is 17.0 Å². The Balaban J connectivity index is 1.43. The van der Waals surface area contributed by atoms with Crippen LogP contribution in [0, 0.1) is 0 Å². The Morgan fingerprint density at radius 3 is 2.45 bits per heavy atom. The Morgan fingerprint density at radius 2 is 1.79 bits per heavy atom. The van der Waals surface area contributed by atoms with Crippen LogP contribution in [0.15, 0.2) is 45.7 Å². The molecule has 2 aliphatic rings. The number of ether oxygens (including phenoxy) is 2. The van der Waals surface area contributed by atoms with E-state index >= 15 is 0 Å². The van der Waals surface area contributed by atoms with Crippen LogP contribution in [0.2, 0.25) is 0 Å². The summed E-state index contributed by atoms with van der Waals surface area (Å²) in [5.41, 5.74) is 0.494. The zero-order valence-electron chi connectivity index (χ0n) is 17.0. The van der Waals surface area contributed by atoms with Gasteiger partial charge in [0.15, 0.2) is 0 Å². The van der Waals surface area contributed by atoms with E-state index in [-0.39, 0.29) is 28.9 Å². The molecule has 2 aromatic rings. The molecule has 1 aromatic heterocycles. The number of carbonyl (C=O) groups excluding carboxylic acids is 3. The lowest BCUT2D eigenvalue weighted by Crippen LogP contribution is -2.46. The Kier molecular flexibility index (Phi) is 6.47. The molecule has 33 heavy (non-hydrogen) atoms. The van der Waals surface area contributed by atoms with Crippen molar-refractivity contribution in [2.75, 3.05) is 32.8 Å². The molecule has 0 aliphatic carbocycles. The highest BCUT2D eigenvalue weighted by molar-refractivity contribution is 8.18. The molecule has 0 atom stereocenters. The van der Waals surface area contributed by atoms with Gasteiger partial charge in [-0.25, -0.2) is 0 Å². The van der Waals surface area contributed by atoms with Gasteiger partial charge in [0.2, 0.25) is 5.91 Å². The third-order valence-corrected chi connectivity index (χ3v) is 5.71. The van der Waals surface area contributed by atoms with Crippen LogP contribution in [0.25, 0.3) is 17.4 Å². The molecule has 0 N–H and O–H groups in total. The van der Waals surface area contributed by atoms with E-state index in [4.69, 9.17) is 9.15 Å². The zero-order valence-corrected chi connectivity index (χ0v) is 17.8. The van der Waals surface area contributed by atoms with Crippen LogP contribution in [0.4, 0.5) is 18.0 Å². The lowest BCUT2D eigenvalue weighted by atomic mass is 10.2. The molecule has 4 rings (SSSR count). The van der Waals surface area contributed by atoms with Crippen molar-refractivity contribution < 1.29 is 41.4 Å². The van der Waals surface area contributed by atoms with Gasteiger partial charge in [0.1, 0.15) is 23.8 Å². The number of benzene rings is 1. The lowest BCUT2D eigenvalue weighted by molar-refractivity contribution is -0.274. The van der Waals surface area contributed by atoms with Crippen LogP contribution in [0.1, 0.15) is 5.76 Å². The van der Waals surface area contributed by atoms with E-state index in [0.717, 1.165) is 17.0 Å². The second-order valence-electron chi connectivity index (χ2n) is 7.04. The summed E-state index contributed by atoms with van der Waals surface area (Å²) in [6, 6.07) is 8.24. The predicted molar refractivity (Wildman–Crippen MR) is 111 cm³/mol. The van der Waals surface area contributed by atoms with Crippen LogP contribution < -0.4 is 4.74 Å². The summed E-state index contributed by atoms with van der Waals surface area (Å²) < 4.78 is 51.5. The fourth-order valence-electron chi connectivity index (χ4n) is 3.22. The zero-order chi connectivity index (χ0) is 23.6. The third-order valence-electron chi connectivity index (χ3n) is 4.80. The van der Waals surface area contributed by atoms with Crippen LogP contribution >= 0.6 is 11.8 Å². The summed E-state index contributed by atoms with van der Waals surface area (Å²) in [6.07, 6.45) is -3.40. The molecule has 0 radical (unpaired) electrons. The number of thioether (sulfide) groups is 1. The van der Waals surface area contributed by atoms with Gasteiger partial charge in [-0.3, -0.25) is 19.3 Å². The number of morpholine rings is 1. The minimum absolute atomic E-state index is 0.101. The first kappa shape index (κ1) is 22.9. The van der Waals surface area contributed by atoms with E-state index < -0.39 is 17.5 Å². The van der Waals surface area contributed by atoms with Gasteiger partial charge in [-0.2, -0.15) is 0 Å². The molecule has 8 nitrogen and oxygen atoms in total. The summed E-state index contributed by atoms with van der Waals surface area (Å²) >= 11 is 0.698. The molecule has 1 aromatic carbocycles. The Bertz CT molecular complexity index is 1090. The normalized spacial score (nSPS) is 18.3.